The van der Waals surface area contributed by atoms with E-state index in [-0.39, 0.29) is 24.0 Å². The standard InChI is InChI=1S/C21H23N2S.HI/c1-15-12-13-23-19-6-4-5-7-20(19)24-21(23)18(15)14-16-8-10-17(11-9-16)22(2)3;/h4-11,14-15H,12-13H2,1-3H3;1H/q+1;/p-1. The van der Waals surface area contributed by atoms with Crippen LogP contribution < -0.4 is 33.4 Å². The van der Waals surface area contributed by atoms with Crippen molar-refractivity contribution in [2.45, 2.75) is 19.9 Å². The molecule has 1 aliphatic rings. The van der Waals surface area contributed by atoms with Gasteiger partial charge in [0.25, 0.3) is 5.01 Å². The van der Waals surface area contributed by atoms with Gasteiger partial charge in [-0.3, -0.25) is 0 Å². The van der Waals surface area contributed by atoms with Crippen molar-refractivity contribution in [2.75, 3.05) is 19.0 Å². The fourth-order valence-corrected chi connectivity index (χ4v) is 4.73. The largest absolute Gasteiger partial charge is 1.00 e. The third-order valence-corrected chi connectivity index (χ3v) is 6.12. The predicted molar refractivity (Wildman–Crippen MR) is 104 cm³/mol. The van der Waals surface area contributed by atoms with Crippen LogP contribution in [-0.2, 0) is 6.54 Å². The molecule has 2 aromatic carbocycles. The molecule has 0 saturated heterocycles. The molecular formula is C21H23IN2S. The Bertz CT molecular complexity index is 909. The van der Waals surface area contributed by atoms with Crippen molar-refractivity contribution in [1.82, 2.24) is 0 Å². The van der Waals surface area contributed by atoms with Crippen LogP contribution in [0.1, 0.15) is 23.9 Å². The van der Waals surface area contributed by atoms with E-state index in [1.807, 2.05) is 11.3 Å². The van der Waals surface area contributed by atoms with Gasteiger partial charge in [0.15, 0.2) is 6.54 Å². The molecule has 4 heteroatoms. The lowest BCUT2D eigenvalue weighted by atomic mass is 9.93. The highest BCUT2D eigenvalue weighted by atomic mass is 127. The van der Waals surface area contributed by atoms with E-state index >= 15 is 0 Å². The van der Waals surface area contributed by atoms with Crippen LogP contribution in [0.2, 0.25) is 0 Å². The molecule has 3 aromatic rings. The fraction of sp³-hybridized carbons (Fsp3) is 0.286. The fourth-order valence-electron chi connectivity index (χ4n) is 3.41. The first-order valence-electron chi connectivity index (χ1n) is 8.54. The van der Waals surface area contributed by atoms with Crippen LogP contribution in [0.5, 0.6) is 0 Å². The number of allylic oxidation sites excluding steroid dienone is 1. The summed E-state index contributed by atoms with van der Waals surface area (Å²) < 4.78 is 3.88. The second kappa shape index (κ2) is 7.46. The Hall–Kier alpha value is -1.40. The van der Waals surface area contributed by atoms with Gasteiger partial charge in [0, 0.05) is 37.8 Å². The van der Waals surface area contributed by atoms with Gasteiger partial charge in [0.2, 0.25) is 5.52 Å². The van der Waals surface area contributed by atoms with Gasteiger partial charge in [-0.05, 0) is 35.8 Å². The number of nitrogens with zero attached hydrogens (tertiary/aromatic N) is 2. The average Bonchev–Trinajstić information content (AvgIpc) is 2.97. The minimum atomic E-state index is 0. The van der Waals surface area contributed by atoms with Gasteiger partial charge < -0.3 is 28.9 Å². The maximum absolute atomic E-state index is 2.50. The minimum Gasteiger partial charge on any atom is -1.00 e. The summed E-state index contributed by atoms with van der Waals surface area (Å²) in [7, 11) is 4.16. The van der Waals surface area contributed by atoms with Crippen LogP contribution in [0.25, 0.3) is 21.9 Å². The number of anilines is 1. The first kappa shape index (κ1) is 18.4. The van der Waals surface area contributed by atoms with E-state index in [0.717, 1.165) is 6.54 Å². The number of aromatic nitrogens is 1. The molecule has 0 amide bonds. The second-order valence-electron chi connectivity index (χ2n) is 6.80. The van der Waals surface area contributed by atoms with Crippen molar-refractivity contribution in [2.24, 2.45) is 5.92 Å². The monoisotopic (exact) mass is 462 g/mol. The lowest BCUT2D eigenvalue weighted by molar-refractivity contribution is -0.673. The maximum Gasteiger partial charge on any atom is 0.266 e. The number of para-hydroxylation sites is 1. The molecule has 2 heterocycles. The Morgan fingerprint density at radius 3 is 2.52 bits per heavy atom. The summed E-state index contributed by atoms with van der Waals surface area (Å²) in [4.78, 5) is 2.14. The van der Waals surface area contributed by atoms with Crippen LogP contribution in [-0.4, -0.2) is 14.1 Å². The van der Waals surface area contributed by atoms with E-state index in [1.165, 1.54) is 38.5 Å². The van der Waals surface area contributed by atoms with Crippen LogP contribution in [0.3, 0.4) is 0 Å². The zero-order valence-corrected chi connectivity index (χ0v) is 17.8. The van der Waals surface area contributed by atoms with Crippen molar-refractivity contribution in [1.29, 1.82) is 0 Å². The van der Waals surface area contributed by atoms with E-state index in [2.05, 4.69) is 85.1 Å². The zero-order chi connectivity index (χ0) is 16.7. The predicted octanol–water partition coefficient (Wildman–Crippen LogP) is 1.84. The molecule has 0 bridgehead atoms. The molecule has 1 atom stereocenters. The molecule has 1 aromatic heterocycles. The summed E-state index contributed by atoms with van der Waals surface area (Å²) in [6.07, 6.45) is 3.59. The van der Waals surface area contributed by atoms with E-state index in [4.69, 9.17) is 0 Å². The summed E-state index contributed by atoms with van der Waals surface area (Å²) in [5.74, 6) is 0.603. The van der Waals surface area contributed by atoms with Crippen LogP contribution in [0, 0.1) is 5.92 Å². The van der Waals surface area contributed by atoms with Crippen molar-refractivity contribution in [3.05, 3.63) is 59.1 Å². The molecule has 0 spiro atoms. The summed E-state index contributed by atoms with van der Waals surface area (Å²) in [5, 5.41) is 1.42. The molecule has 4 rings (SSSR count). The van der Waals surface area contributed by atoms with Gasteiger partial charge >= 0.3 is 0 Å². The van der Waals surface area contributed by atoms with Crippen molar-refractivity contribution >= 4 is 38.9 Å². The summed E-state index contributed by atoms with van der Waals surface area (Å²) in [5.41, 5.74) is 5.37. The number of rotatable bonds is 2. The quantitative estimate of drug-likeness (QED) is 0.417. The topological polar surface area (TPSA) is 7.12 Å². The number of aryl methyl sites for hydroxylation is 1. The zero-order valence-electron chi connectivity index (χ0n) is 14.9. The summed E-state index contributed by atoms with van der Waals surface area (Å²) in [6, 6.07) is 17.6. The van der Waals surface area contributed by atoms with Gasteiger partial charge in [0.05, 0.1) is 0 Å². The molecular weight excluding hydrogens is 439 g/mol. The molecule has 1 aliphatic heterocycles. The van der Waals surface area contributed by atoms with Crippen molar-refractivity contribution < 1.29 is 28.5 Å². The van der Waals surface area contributed by atoms with Gasteiger partial charge in [-0.15, -0.1) is 0 Å². The summed E-state index contributed by atoms with van der Waals surface area (Å²) in [6.45, 7) is 3.48. The van der Waals surface area contributed by atoms with Crippen LogP contribution in [0.4, 0.5) is 5.69 Å². The molecule has 0 N–H and O–H groups in total. The number of thiazole rings is 1. The SMILES string of the molecule is CC1CC[n+]2c(sc3ccccc32)C1=Cc1ccc(N(C)C)cc1.[I-]. The number of hydrogen-bond acceptors (Lipinski definition) is 2. The van der Waals surface area contributed by atoms with E-state index < -0.39 is 0 Å². The Balaban J connectivity index is 0.00000182. The molecule has 130 valence electrons. The number of halogens is 1. The van der Waals surface area contributed by atoms with E-state index in [0.29, 0.717) is 5.92 Å². The Morgan fingerprint density at radius 2 is 1.80 bits per heavy atom. The summed E-state index contributed by atoms with van der Waals surface area (Å²) >= 11 is 1.93. The molecule has 25 heavy (non-hydrogen) atoms. The Morgan fingerprint density at radius 1 is 1.08 bits per heavy atom. The number of benzene rings is 2. The normalized spacial score (nSPS) is 18.0. The Kier molecular flexibility index (Phi) is 5.49. The molecule has 2 nitrogen and oxygen atoms in total. The molecule has 0 aliphatic carbocycles. The second-order valence-corrected chi connectivity index (χ2v) is 7.83. The highest BCUT2D eigenvalue weighted by Gasteiger charge is 2.31. The van der Waals surface area contributed by atoms with Gasteiger partial charge in [-0.2, -0.15) is 4.57 Å². The van der Waals surface area contributed by atoms with Crippen LogP contribution in [0.15, 0.2) is 48.5 Å². The first-order chi connectivity index (χ1) is 11.6. The molecule has 0 saturated carbocycles. The Labute approximate surface area is 170 Å². The first-order valence-corrected chi connectivity index (χ1v) is 9.36. The smallest absolute Gasteiger partial charge is 0.266 e. The van der Waals surface area contributed by atoms with E-state index in [1.54, 1.807) is 0 Å². The molecule has 1 unspecified atom stereocenters. The average molecular weight is 462 g/mol. The lowest BCUT2D eigenvalue weighted by Gasteiger charge is -2.17. The number of hydrogen-bond donors (Lipinski definition) is 0. The maximum atomic E-state index is 2.50. The minimum absolute atomic E-state index is 0. The highest BCUT2D eigenvalue weighted by molar-refractivity contribution is 7.19. The molecule has 0 fully saturated rings. The highest BCUT2D eigenvalue weighted by Crippen LogP contribution is 2.36. The van der Waals surface area contributed by atoms with Crippen molar-refractivity contribution in [3.8, 4) is 0 Å². The number of fused-ring (bicyclic) bond motifs is 3. The molecule has 0 radical (unpaired) electrons. The van der Waals surface area contributed by atoms with E-state index in [9.17, 15) is 0 Å². The lowest BCUT2D eigenvalue weighted by Crippen LogP contribution is -3.00. The van der Waals surface area contributed by atoms with Gasteiger partial charge in [-0.25, -0.2) is 0 Å². The van der Waals surface area contributed by atoms with Crippen LogP contribution >= 0.6 is 11.3 Å². The van der Waals surface area contributed by atoms with Gasteiger partial charge in [0.1, 0.15) is 4.70 Å². The third kappa shape index (κ3) is 3.47. The third-order valence-electron chi connectivity index (χ3n) is 4.90. The van der Waals surface area contributed by atoms with Crippen molar-refractivity contribution in [3.63, 3.8) is 0 Å². The van der Waals surface area contributed by atoms with Gasteiger partial charge in [-0.1, -0.05) is 42.5 Å².